The van der Waals surface area contributed by atoms with E-state index < -0.39 is 0 Å². The van der Waals surface area contributed by atoms with Crippen LogP contribution in [0.2, 0.25) is 0 Å². The standard InChI is InChI=1S/C15H20FN3/c1-3-17-15(13-5-7-14(16)8-6-13)9-12-10-18-19(4-2)11-12/h5-8,10-11,15,17H,3-4,9H2,1-2H3. The van der Waals surface area contributed by atoms with Gasteiger partial charge in [0, 0.05) is 18.8 Å². The van der Waals surface area contributed by atoms with Crippen LogP contribution in [0.5, 0.6) is 0 Å². The minimum absolute atomic E-state index is 0.195. The van der Waals surface area contributed by atoms with E-state index in [0.717, 1.165) is 25.1 Å². The number of benzene rings is 1. The van der Waals surface area contributed by atoms with Crippen LogP contribution in [0, 0.1) is 5.82 Å². The lowest BCUT2D eigenvalue weighted by atomic mass is 10.0. The summed E-state index contributed by atoms with van der Waals surface area (Å²) in [6.45, 7) is 5.90. The molecule has 1 aromatic heterocycles. The van der Waals surface area contributed by atoms with Crippen LogP contribution in [0.1, 0.15) is 31.0 Å². The summed E-state index contributed by atoms with van der Waals surface area (Å²) in [7, 11) is 0. The summed E-state index contributed by atoms with van der Waals surface area (Å²) >= 11 is 0. The Hall–Kier alpha value is -1.68. The maximum absolute atomic E-state index is 13.0. The molecule has 0 aliphatic heterocycles. The van der Waals surface area contributed by atoms with Gasteiger partial charge in [0.15, 0.2) is 0 Å². The number of hydrogen-bond acceptors (Lipinski definition) is 2. The topological polar surface area (TPSA) is 29.9 Å². The van der Waals surface area contributed by atoms with Crippen molar-refractivity contribution in [1.29, 1.82) is 0 Å². The molecule has 1 unspecified atom stereocenters. The maximum Gasteiger partial charge on any atom is 0.123 e. The molecular weight excluding hydrogens is 241 g/mol. The Labute approximate surface area is 113 Å². The first-order valence-electron chi connectivity index (χ1n) is 6.73. The summed E-state index contributed by atoms with van der Waals surface area (Å²) < 4.78 is 14.9. The highest BCUT2D eigenvalue weighted by atomic mass is 19.1. The molecule has 0 bridgehead atoms. The maximum atomic E-state index is 13.0. The van der Waals surface area contributed by atoms with Crippen LogP contribution in [-0.4, -0.2) is 16.3 Å². The van der Waals surface area contributed by atoms with E-state index in [1.165, 1.54) is 17.7 Å². The van der Waals surface area contributed by atoms with Gasteiger partial charge < -0.3 is 5.32 Å². The fourth-order valence-electron chi connectivity index (χ4n) is 2.17. The quantitative estimate of drug-likeness (QED) is 0.866. The zero-order chi connectivity index (χ0) is 13.7. The Bertz CT molecular complexity index is 504. The van der Waals surface area contributed by atoms with E-state index in [4.69, 9.17) is 0 Å². The number of nitrogens with one attached hydrogen (secondary N) is 1. The SMILES string of the molecule is CCNC(Cc1cnn(CC)c1)c1ccc(F)cc1. The second kappa shape index (κ2) is 6.48. The van der Waals surface area contributed by atoms with Crippen LogP contribution in [0.15, 0.2) is 36.7 Å². The van der Waals surface area contributed by atoms with Crippen molar-refractivity contribution in [3.8, 4) is 0 Å². The number of likely N-dealkylation sites (N-methyl/N-ethyl adjacent to an activating group) is 1. The molecule has 1 heterocycles. The van der Waals surface area contributed by atoms with Crippen molar-refractivity contribution in [2.24, 2.45) is 0 Å². The number of nitrogens with zero attached hydrogens (tertiary/aromatic N) is 2. The first-order chi connectivity index (χ1) is 9.22. The zero-order valence-corrected chi connectivity index (χ0v) is 11.4. The van der Waals surface area contributed by atoms with Gasteiger partial charge >= 0.3 is 0 Å². The van der Waals surface area contributed by atoms with Crippen molar-refractivity contribution in [3.63, 3.8) is 0 Å². The van der Waals surface area contributed by atoms with Gasteiger partial charge in [-0.3, -0.25) is 4.68 Å². The Morgan fingerprint density at radius 3 is 2.58 bits per heavy atom. The first kappa shape index (κ1) is 13.7. The van der Waals surface area contributed by atoms with Gasteiger partial charge in [0.25, 0.3) is 0 Å². The van der Waals surface area contributed by atoms with Gasteiger partial charge in [-0.1, -0.05) is 19.1 Å². The lowest BCUT2D eigenvalue weighted by Crippen LogP contribution is -2.22. The Morgan fingerprint density at radius 2 is 2.00 bits per heavy atom. The van der Waals surface area contributed by atoms with Gasteiger partial charge in [-0.15, -0.1) is 0 Å². The van der Waals surface area contributed by atoms with Crippen LogP contribution in [0.25, 0.3) is 0 Å². The molecule has 2 rings (SSSR count). The molecule has 0 aliphatic rings. The second-order valence-electron chi connectivity index (χ2n) is 4.57. The molecule has 0 saturated carbocycles. The third-order valence-electron chi connectivity index (χ3n) is 3.17. The Kier molecular flexibility index (Phi) is 4.68. The molecule has 2 aromatic rings. The molecule has 1 aromatic carbocycles. The molecule has 19 heavy (non-hydrogen) atoms. The van der Waals surface area contributed by atoms with Crippen molar-refractivity contribution in [3.05, 3.63) is 53.6 Å². The van der Waals surface area contributed by atoms with Crippen molar-refractivity contribution < 1.29 is 4.39 Å². The van der Waals surface area contributed by atoms with Crippen molar-refractivity contribution in [2.75, 3.05) is 6.54 Å². The average molecular weight is 261 g/mol. The third kappa shape index (κ3) is 3.64. The number of aryl methyl sites for hydroxylation is 1. The van der Waals surface area contributed by atoms with Gasteiger partial charge in [0.05, 0.1) is 6.20 Å². The van der Waals surface area contributed by atoms with Crippen molar-refractivity contribution in [2.45, 2.75) is 32.9 Å². The molecule has 0 radical (unpaired) electrons. The highest BCUT2D eigenvalue weighted by Gasteiger charge is 2.12. The summed E-state index contributed by atoms with van der Waals surface area (Å²) in [5.74, 6) is -0.196. The predicted molar refractivity (Wildman–Crippen MR) is 74.4 cm³/mol. The number of hydrogen-bond donors (Lipinski definition) is 1. The highest BCUT2D eigenvalue weighted by Crippen LogP contribution is 2.18. The van der Waals surface area contributed by atoms with Crippen LogP contribution >= 0.6 is 0 Å². The summed E-state index contributed by atoms with van der Waals surface area (Å²) in [5, 5.41) is 7.72. The van der Waals surface area contributed by atoms with E-state index in [-0.39, 0.29) is 11.9 Å². The van der Waals surface area contributed by atoms with E-state index in [0.29, 0.717) is 0 Å². The Balaban J connectivity index is 2.13. The zero-order valence-electron chi connectivity index (χ0n) is 11.4. The van der Waals surface area contributed by atoms with E-state index in [9.17, 15) is 4.39 Å². The second-order valence-corrected chi connectivity index (χ2v) is 4.57. The van der Waals surface area contributed by atoms with Gasteiger partial charge in [0.1, 0.15) is 5.82 Å². The van der Waals surface area contributed by atoms with Crippen LogP contribution in [0.4, 0.5) is 4.39 Å². The lowest BCUT2D eigenvalue weighted by Gasteiger charge is -2.17. The number of aromatic nitrogens is 2. The highest BCUT2D eigenvalue weighted by molar-refractivity contribution is 5.22. The average Bonchev–Trinajstić information content (AvgIpc) is 2.87. The largest absolute Gasteiger partial charge is 0.310 e. The molecule has 0 spiro atoms. The predicted octanol–water partition coefficient (Wildman–Crippen LogP) is 2.94. The summed E-state index contributed by atoms with van der Waals surface area (Å²) in [6, 6.07) is 6.89. The van der Waals surface area contributed by atoms with E-state index in [1.807, 2.05) is 23.0 Å². The van der Waals surface area contributed by atoms with Gasteiger partial charge in [-0.2, -0.15) is 5.10 Å². The normalized spacial score (nSPS) is 12.6. The molecule has 4 heteroatoms. The van der Waals surface area contributed by atoms with Gasteiger partial charge in [0.2, 0.25) is 0 Å². The minimum atomic E-state index is -0.196. The molecular formula is C15H20FN3. The smallest absolute Gasteiger partial charge is 0.123 e. The summed E-state index contributed by atoms with van der Waals surface area (Å²) in [6.07, 6.45) is 4.82. The fraction of sp³-hybridized carbons (Fsp3) is 0.400. The summed E-state index contributed by atoms with van der Waals surface area (Å²) in [5.41, 5.74) is 2.30. The third-order valence-corrected chi connectivity index (χ3v) is 3.17. The molecule has 0 saturated heterocycles. The monoisotopic (exact) mass is 261 g/mol. The molecule has 0 aliphatic carbocycles. The lowest BCUT2D eigenvalue weighted by molar-refractivity contribution is 0.547. The Morgan fingerprint density at radius 1 is 1.26 bits per heavy atom. The molecule has 102 valence electrons. The molecule has 1 atom stereocenters. The minimum Gasteiger partial charge on any atom is -0.310 e. The van der Waals surface area contributed by atoms with Gasteiger partial charge in [-0.05, 0) is 43.1 Å². The molecule has 1 N–H and O–H groups in total. The van der Waals surface area contributed by atoms with Crippen LogP contribution < -0.4 is 5.32 Å². The van der Waals surface area contributed by atoms with E-state index >= 15 is 0 Å². The number of halogens is 1. The summed E-state index contributed by atoms with van der Waals surface area (Å²) in [4.78, 5) is 0. The van der Waals surface area contributed by atoms with Gasteiger partial charge in [-0.25, -0.2) is 4.39 Å². The van der Waals surface area contributed by atoms with Crippen LogP contribution in [0.3, 0.4) is 0 Å². The molecule has 3 nitrogen and oxygen atoms in total. The van der Waals surface area contributed by atoms with Crippen molar-refractivity contribution >= 4 is 0 Å². The van der Waals surface area contributed by atoms with E-state index in [1.54, 1.807) is 0 Å². The number of rotatable bonds is 6. The van der Waals surface area contributed by atoms with E-state index in [2.05, 4.69) is 30.5 Å². The molecule has 0 fully saturated rings. The first-order valence-corrected chi connectivity index (χ1v) is 6.73. The molecule has 0 amide bonds. The van der Waals surface area contributed by atoms with Crippen LogP contribution in [-0.2, 0) is 13.0 Å². The van der Waals surface area contributed by atoms with Crippen molar-refractivity contribution in [1.82, 2.24) is 15.1 Å². The fourth-order valence-corrected chi connectivity index (χ4v) is 2.17.